The Balaban J connectivity index is 1.68. The van der Waals surface area contributed by atoms with Crippen molar-refractivity contribution in [3.8, 4) is 0 Å². The summed E-state index contributed by atoms with van der Waals surface area (Å²) in [6.07, 6.45) is 1.21. The van der Waals surface area contributed by atoms with E-state index >= 15 is 0 Å². The quantitative estimate of drug-likeness (QED) is 0.273. The minimum absolute atomic E-state index is 0.0223. The third kappa shape index (κ3) is 5.44. The minimum Gasteiger partial charge on any atom is -0.450 e. The molecule has 0 spiro atoms. The topological polar surface area (TPSA) is 65.0 Å². The summed E-state index contributed by atoms with van der Waals surface area (Å²) >= 11 is 0. The Bertz CT molecular complexity index is 643. The number of benzene rings is 1. The van der Waals surface area contributed by atoms with Crippen LogP contribution in [0.2, 0.25) is 0 Å². The van der Waals surface area contributed by atoms with Crippen LogP contribution < -0.4 is 5.46 Å². The Morgan fingerprint density at radius 1 is 1.18 bits per heavy atom. The van der Waals surface area contributed by atoms with Crippen molar-refractivity contribution in [2.75, 3.05) is 19.8 Å². The third-order valence-corrected chi connectivity index (χ3v) is 6.00. The highest BCUT2D eigenvalue weighted by Gasteiger charge is 2.58. The van der Waals surface area contributed by atoms with Crippen molar-refractivity contribution in [2.24, 2.45) is 22.7 Å². The molecule has 1 fully saturated rings. The van der Waals surface area contributed by atoms with E-state index in [9.17, 15) is 4.79 Å². The fraction of sp³-hybridized carbons (Fsp3) is 0.682. The number of carbonyl (C=O) groups is 1. The molecule has 6 heteroatoms. The van der Waals surface area contributed by atoms with Crippen LogP contribution in [0.1, 0.15) is 58.3 Å². The summed E-state index contributed by atoms with van der Waals surface area (Å²) in [7, 11) is 1.00. The van der Waals surface area contributed by atoms with Crippen LogP contribution in [0.3, 0.4) is 0 Å². The van der Waals surface area contributed by atoms with Crippen molar-refractivity contribution in [2.45, 2.75) is 54.1 Å². The average Bonchev–Trinajstić information content (AvgIpc) is 2.64. The summed E-state index contributed by atoms with van der Waals surface area (Å²) in [6.45, 7) is 14.0. The molecule has 0 heterocycles. The maximum atomic E-state index is 12.1. The highest BCUT2D eigenvalue weighted by atomic mass is 17.2. The molecule has 28 heavy (non-hydrogen) atoms. The zero-order chi connectivity index (χ0) is 20.9. The van der Waals surface area contributed by atoms with Crippen LogP contribution >= 0.6 is 0 Å². The molecule has 1 aliphatic carbocycles. The number of hydrogen-bond donors (Lipinski definition) is 1. The van der Waals surface area contributed by atoms with Crippen LogP contribution in [0.4, 0.5) is 0 Å². The van der Waals surface area contributed by atoms with Crippen molar-refractivity contribution in [1.29, 1.82) is 0 Å². The van der Waals surface area contributed by atoms with Crippen LogP contribution in [-0.2, 0) is 14.5 Å². The van der Waals surface area contributed by atoms with E-state index in [1.54, 1.807) is 24.3 Å². The molecule has 0 aromatic heterocycles. The van der Waals surface area contributed by atoms with E-state index in [1.165, 1.54) is 0 Å². The number of Topliss-reactive ketones (excluding diaryl/α,β-unsaturated/α-hetero) is 1. The summed E-state index contributed by atoms with van der Waals surface area (Å²) in [4.78, 5) is 23.5. The predicted molar refractivity (Wildman–Crippen MR) is 111 cm³/mol. The van der Waals surface area contributed by atoms with E-state index in [4.69, 9.17) is 19.5 Å². The van der Waals surface area contributed by atoms with Gasteiger partial charge < -0.3 is 9.76 Å². The van der Waals surface area contributed by atoms with Crippen LogP contribution in [0, 0.1) is 22.7 Å². The van der Waals surface area contributed by atoms with Gasteiger partial charge in [-0.25, -0.2) is 9.78 Å². The molecule has 1 saturated carbocycles. The molecule has 0 saturated heterocycles. The summed E-state index contributed by atoms with van der Waals surface area (Å²) in [6, 6.07) is 6.74. The van der Waals surface area contributed by atoms with Gasteiger partial charge in [-0.05, 0) is 17.8 Å². The van der Waals surface area contributed by atoms with Gasteiger partial charge in [0.25, 0.3) is 0 Å². The minimum atomic E-state index is -0.0854. The highest BCUT2D eigenvalue weighted by Crippen LogP contribution is 2.59. The summed E-state index contributed by atoms with van der Waals surface area (Å²) in [5.74, 6) is 0.565. The fourth-order valence-corrected chi connectivity index (χ4v) is 4.14. The normalized spacial score (nSPS) is 24.6. The molecule has 3 atom stereocenters. The first-order valence-electron chi connectivity index (χ1n) is 10.1. The lowest BCUT2D eigenvalue weighted by Gasteiger charge is -2.59. The first kappa shape index (κ1) is 23.1. The second kappa shape index (κ2) is 9.53. The summed E-state index contributed by atoms with van der Waals surface area (Å²) in [5, 5.41) is 8.92. The molecule has 1 radical (unpaired) electrons. The number of carbonyl (C=O) groups excluding carboxylic acids is 1. The molecule has 2 rings (SSSR count). The lowest BCUT2D eigenvalue weighted by molar-refractivity contribution is -0.401. The maximum absolute atomic E-state index is 12.1. The van der Waals surface area contributed by atoms with Crippen LogP contribution in [0.15, 0.2) is 24.3 Å². The monoisotopic (exact) mass is 389 g/mol. The molecule has 0 amide bonds. The zero-order valence-corrected chi connectivity index (χ0v) is 18.0. The van der Waals surface area contributed by atoms with E-state index in [2.05, 4.69) is 34.6 Å². The second-order valence-corrected chi connectivity index (χ2v) is 9.38. The zero-order valence-electron chi connectivity index (χ0n) is 18.0. The fourth-order valence-electron chi connectivity index (χ4n) is 4.14. The van der Waals surface area contributed by atoms with Crippen molar-refractivity contribution >= 4 is 18.7 Å². The number of ether oxygens (including phenoxy) is 1. The molecule has 155 valence electrons. The van der Waals surface area contributed by atoms with Crippen LogP contribution in [0.5, 0.6) is 0 Å². The lowest BCUT2D eigenvalue weighted by atomic mass is 9.49. The molecular weight excluding hydrogens is 355 g/mol. The first-order valence-corrected chi connectivity index (χ1v) is 10.1. The van der Waals surface area contributed by atoms with E-state index in [1.807, 2.05) is 6.92 Å². The molecule has 1 aromatic carbocycles. The molecule has 1 aliphatic rings. The van der Waals surface area contributed by atoms with Crippen molar-refractivity contribution in [1.82, 2.24) is 0 Å². The van der Waals surface area contributed by atoms with E-state index in [0.29, 0.717) is 30.2 Å². The second-order valence-electron chi connectivity index (χ2n) is 9.38. The standard InChI is InChI=1S/C22H34BO5/c1-15(2)22(6)14-21(4,5)20(22)28-27-12-16(3)11-26-13-19(24)17-7-9-18(23-25)10-8-17/h7-10,15-16,20,25H,11-14H2,1-6H3. The van der Waals surface area contributed by atoms with Gasteiger partial charge in [0.15, 0.2) is 5.78 Å². The Morgan fingerprint density at radius 2 is 1.82 bits per heavy atom. The largest absolute Gasteiger partial charge is 0.450 e. The Labute approximate surface area is 170 Å². The molecule has 1 N–H and O–H groups in total. The van der Waals surface area contributed by atoms with Gasteiger partial charge in [-0.1, -0.05) is 71.3 Å². The van der Waals surface area contributed by atoms with Crippen molar-refractivity contribution < 1.29 is 24.3 Å². The average molecular weight is 389 g/mol. The summed E-state index contributed by atoms with van der Waals surface area (Å²) in [5.41, 5.74) is 1.48. The Kier molecular flexibility index (Phi) is 7.85. The molecule has 3 unspecified atom stereocenters. The van der Waals surface area contributed by atoms with Gasteiger partial charge in [-0.15, -0.1) is 0 Å². The molecule has 1 aromatic rings. The van der Waals surface area contributed by atoms with Gasteiger partial charge in [0.05, 0.1) is 13.2 Å². The Hall–Kier alpha value is -1.21. The number of hydrogen-bond acceptors (Lipinski definition) is 5. The van der Waals surface area contributed by atoms with Crippen LogP contribution in [0.25, 0.3) is 0 Å². The highest BCUT2D eigenvalue weighted by molar-refractivity contribution is 6.45. The van der Waals surface area contributed by atoms with Crippen LogP contribution in [-0.4, -0.2) is 44.2 Å². The van der Waals surface area contributed by atoms with Gasteiger partial charge in [-0.2, -0.15) is 0 Å². The third-order valence-electron chi connectivity index (χ3n) is 6.00. The summed E-state index contributed by atoms with van der Waals surface area (Å²) < 4.78 is 5.54. The molecule has 5 nitrogen and oxygen atoms in total. The van der Waals surface area contributed by atoms with Crippen molar-refractivity contribution in [3.63, 3.8) is 0 Å². The number of rotatable bonds is 11. The van der Waals surface area contributed by atoms with Gasteiger partial charge in [0.2, 0.25) is 0 Å². The lowest BCUT2D eigenvalue weighted by Crippen LogP contribution is -2.60. The van der Waals surface area contributed by atoms with Gasteiger partial charge in [0.1, 0.15) is 12.7 Å². The molecule has 0 bridgehead atoms. The maximum Gasteiger partial charge on any atom is 0.326 e. The van der Waals surface area contributed by atoms with E-state index < -0.39 is 0 Å². The van der Waals surface area contributed by atoms with Gasteiger partial charge >= 0.3 is 7.48 Å². The Morgan fingerprint density at radius 3 is 2.36 bits per heavy atom. The van der Waals surface area contributed by atoms with Gasteiger partial charge in [-0.3, -0.25) is 4.79 Å². The molecular formula is C22H34BO5. The predicted octanol–water partition coefficient (Wildman–Crippen LogP) is 3.17. The molecule has 0 aliphatic heterocycles. The SMILES string of the molecule is CC(COCC(=O)c1ccc([B]O)cc1)COOC1C(C)(C)CC1(C)C(C)C. The van der Waals surface area contributed by atoms with E-state index in [-0.39, 0.29) is 35.2 Å². The first-order chi connectivity index (χ1) is 13.1. The van der Waals surface area contributed by atoms with E-state index in [0.717, 1.165) is 13.9 Å². The smallest absolute Gasteiger partial charge is 0.326 e. The van der Waals surface area contributed by atoms with Crippen molar-refractivity contribution in [3.05, 3.63) is 29.8 Å². The van der Waals surface area contributed by atoms with Gasteiger partial charge in [0, 0.05) is 16.9 Å². The number of ketones is 1.